The summed E-state index contributed by atoms with van der Waals surface area (Å²) in [4.78, 5) is 13.6. The molecule has 0 spiro atoms. The largest absolute Gasteiger partial charge is 0.390 e. The van der Waals surface area contributed by atoms with Crippen molar-refractivity contribution in [3.8, 4) is 0 Å². The Morgan fingerprint density at radius 2 is 2.00 bits per heavy atom. The first kappa shape index (κ1) is 9.97. The van der Waals surface area contributed by atoms with Crippen molar-refractivity contribution in [3.05, 3.63) is 0 Å². The summed E-state index contributed by atoms with van der Waals surface area (Å²) < 4.78 is 0. The minimum absolute atomic E-state index is 0.294. The number of amides is 1. The second-order valence-electron chi connectivity index (χ2n) is 5.03. The van der Waals surface area contributed by atoms with E-state index in [4.69, 9.17) is 0 Å². The van der Waals surface area contributed by atoms with Crippen LogP contribution >= 0.6 is 0 Å². The van der Waals surface area contributed by atoms with E-state index in [0.717, 1.165) is 32.4 Å². The molecule has 0 atom stereocenters. The summed E-state index contributed by atoms with van der Waals surface area (Å²) in [5.41, 5.74) is -0.545. The normalized spacial score (nSPS) is 26.3. The molecule has 0 aromatic rings. The van der Waals surface area contributed by atoms with Crippen molar-refractivity contribution in [1.82, 2.24) is 4.90 Å². The Morgan fingerprint density at radius 1 is 1.43 bits per heavy atom. The van der Waals surface area contributed by atoms with Gasteiger partial charge in [-0.15, -0.1) is 0 Å². The number of nitrogens with zero attached hydrogens (tertiary/aromatic N) is 1. The van der Waals surface area contributed by atoms with Crippen molar-refractivity contribution < 1.29 is 9.90 Å². The fraction of sp³-hybridized carbons (Fsp3) is 0.909. The van der Waals surface area contributed by atoms with E-state index in [9.17, 15) is 9.90 Å². The summed E-state index contributed by atoms with van der Waals surface area (Å²) >= 11 is 0. The van der Waals surface area contributed by atoms with Crippen LogP contribution in [0.1, 0.15) is 39.0 Å². The van der Waals surface area contributed by atoms with Gasteiger partial charge in [0, 0.05) is 19.5 Å². The van der Waals surface area contributed by atoms with Gasteiger partial charge in [-0.05, 0) is 38.5 Å². The highest BCUT2D eigenvalue weighted by Gasteiger charge is 2.32. The van der Waals surface area contributed by atoms with Crippen molar-refractivity contribution in [3.63, 3.8) is 0 Å². The van der Waals surface area contributed by atoms with Gasteiger partial charge in [-0.2, -0.15) is 0 Å². The molecule has 2 fully saturated rings. The molecule has 80 valence electrons. The van der Waals surface area contributed by atoms with Crippen molar-refractivity contribution in [2.24, 2.45) is 5.92 Å². The third kappa shape index (κ3) is 2.47. The maximum atomic E-state index is 11.7. The number of hydrogen-bond acceptors (Lipinski definition) is 2. The number of carbonyl (C=O) groups is 1. The summed E-state index contributed by atoms with van der Waals surface area (Å²) in [6.07, 6.45) is 4.66. The Labute approximate surface area is 85.1 Å². The van der Waals surface area contributed by atoms with Crippen LogP contribution in [0, 0.1) is 5.92 Å². The highest BCUT2D eigenvalue weighted by atomic mass is 16.3. The molecule has 3 heteroatoms. The molecule has 0 aromatic carbocycles. The molecule has 2 aliphatic rings. The molecular formula is C11H19NO2. The maximum Gasteiger partial charge on any atom is 0.222 e. The molecule has 1 saturated carbocycles. The minimum Gasteiger partial charge on any atom is -0.390 e. The number of hydrogen-bond donors (Lipinski definition) is 1. The van der Waals surface area contributed by atoms with Crippen LogP contribution in [-0.2, 0) is 4.79 Å². The summed E-state index contributed by atoms with van der Waals surface area (Å²) in [5, 5.41) is 9.73. The van der Waals surface area contributed by atoms with Gasteiger partial charge in [-0.1, -0.05) is 0 Å². The van der Waals surface area contributed by atoms with Crippen LogP contribution in [-0.4, -0.2) is 34.6 Å². The third-order valence-electron chi connectivity index (χ3n) is 3.35. The molecule has 1 saturated heterocycles. The Bertz CT molecular complexity index is 223. The first-order chi connectivity index (χ1) is 6.57. The first-order valence-corrected chi connectivity index (χ1v) is 5.57. The van der Waals surface area contributed by atoms with Crippen LogP contribution in [0.4, 0.5) is 0 Å². The van der Waals surface area contributed by atoms with Crippen molar-refractivity contribution in [2.75, 3.05) is 13.1 Å². The Balaban J connectivity index is 1.79. The summed E-state index contributed by atoms with van der Waals surface area (Å²) in [6, 6.07) is 0. The van der Waals surface area contributed by atoms with Gasteiger partial charge in [0.25, 0.3) is 0 Å². The Hall–Kier alpha value is -0.570. The van der Waals surface area contributed by atoms with E-state index in [2.05, 4.69) is 0 Å². The van der Waals surface area contributed by atoms with Gasteiger partial charge in [0.1, 0.15) is 0 Å². The topological polar surface area (TPSA) is 40.5 Å². The number of carbonyl (C=O) groups excluding carboxylic acids is 1. The first-order valence-electron chi connectivity index (χ1n) is 5.57. The Morgan fingerprint density at radius 3 is 2.50 bits per heavy atom. The zero-order valence-corrected chi connectivity index (χ0v) is 8.83. The lowest BCUT2D eigenvalue weighted by Gasteiger charge is -2.35. The standard InChI is InChI=1S/C11H19NO2/c1-11(14)4-6-12(7-5-11)10(13)8-9-2-3-9/h9,14H,2-8H2,1H3. The van der Waals surface area contributed by atoms with Crippen LogP contribution < -0.4 is 0 Å². The molecule has 1 aliphatic heterocycles. The second-order valence-corrected chi connectivity index (χ2v) is 5.03. The average Bonchev–Trinajstić information content (AvgIpc) is 2.88. The molecule has 1 aliphatic carbocycles. The molecule has 0 unspecified atom stereocenters. The predicted molar refractivity (Wildman–Crippen MR) is 53.8 cm³/mol. The van der Waals surface area contributed by atoms with E-state index < -0.39 is 5.60 Å². The molecule has 2 rings (SSSR count). The molecule has 1 amide bonds. The van der Waals surface area contributed by atoms with E-state index in [-0.39, 0.29) is 0 Å². The number of rotatable bonds is 2. The fourth-order valence-electron chi connectivity index (χ4n) is 1.94. The van der Waals surface area contributed by atoms with Gasteiger partial charge < -0.3 is 10.0 Å². The van der Waals surface area contributed by atoms with Crippen LogP contribution in [0.5, 0.6) is 0 Å². The summed E-state index contributed by atoms with van der Waals surface area (Å²) in [6.45, 7) is 3.33. The predicted octanol–water partition coefficient (Wildman–Crippen LogP) is 1.16. The van der Waals surface area contributed by atoms with E-state index in [1.807, 2.05) is 11.8 Å². The van der Waals surface area contributed by atoms with E-state index in [1.54, 1.807) is 0 Å². The van der Waals surface area contributed by atoms with E-state index in [1.165, 1.54) is 12.8 Å². The fourth-order valence-corrected chi connectivity index (χ4v) is 1.94. The monoisotopic (exact) mass is 197 g/mol. The molecular weight excluding hydrogens is 178 g/mol. The van der Waals surface area contributed by atoms with E-state index >= 15 is 0 Å². The Kier molecular flexibility index (Phi) is 2.52. The maximum absolute atomic E-state index is 11.7. The zero-order chi connectivity index (χ0) is 10.2. The lowest BCUT2D eigenvalue weighted by Crippen LogP contribution is -2.45. The number of aliphatic hydroxyl groups is 1. The minimum atomic E-state index is -0.545. The molecule has 14 heavy (non-hydrogen) atoms. The molecule has 1 N–H and O–H groups in total. The highest BCUT2D eigenvalue weighted by molar-refractivity contribution is 5.76. The zero-order valence-electron chi connectivity index (χ0n) is 8.83. The van der Waals surface area contributed by atoms with Gasteiger partial charge in [-0.3, -0.25) is 4.79 Å². The third-order valence-corrected chi connectivity index (χ3v) is 3.35. The van der Waals surface area contributed by atoms with Gasteiger partial charge in [0.15, 0.2) is 0 Å². The summed E-state index contributed by atoms with van der Waals surface area (Å²) in [5.74, 6) is 0.966. The highest BCUT2D eigenvalue weighted by Crippen LogP contribution is 2.33. The average molecular weight is 197 g/mol. The quantitative estimate of drug-likeness (QED) is 0.721. The number of piperidine rings is 1. The van der Waals surface area contributed by atoms with Crippen molar-refractivity contribution in [2.45, 2.75) is 44.6 Å². The summed E-state index contributed by atoms with van der Waals surface area (Å²) in [7, 11) is 0. The van der Waals surface area contributed by atoms with Crippen molar-refractivity contribution >= 4 is 5.91 Å². The molecule has 0 radical (unpaired) electrons. The van der Waals surface area contributed by atoms with Gasteiger partial charge in [0.05, 0.1) is 5.60 Å². The number of likely N-dealkylation sites (tertiary alicyclic amines) is 1. The molecule has 1 heterocycles. The van der Waals surface area contributed by atoms with Crippen molar-refractivity contribution in [1.29, 1.82) is 0 Å². The van der Waals surface area contributed by atoms with Crippen LogP contribution in [0.25, 0.3) is 0 Å². The van der Waals surface area contributed by atoms with Crippen LogP contribution in [0.2, 0.25) is 0 Å². The smallest absolute Gasteiger partial charge is 0.222 e. The van der Waals surface area contributed by atoms with E-state index in [0.29, 0.717) is 11.8 Å². The van der Waals surface area contributed by atoms with Crippen LogP contribution in [0.15, 0.2) is 0 Å². The molecule has 0 aromatic heterocycles. The molecule has 0 bridgehead atoms. The van der Waals surface area contributed by atoms with Gasteiger partial charge in [0.2, 0.25) is 5.91 Å². The lowest BCUT2D eigenvalue weighted by molar-refractivity contribution is -0.135. The van der Waals surface area contributed by atoms with Gasteiger partial charge in [-0.25, -0.2) is 0 Å². The van der Waals surface area contributed by atoms with Crippen LogP contribution in [0.3, 0.4) is 0 Å². The van der Waals surface area contributed by atoms with Gasteiger partial charge >= 0.3 is 0 Å². The second kappa shape index (κ2) is 3.54. The molecule has 3 nitrogen and oxygen atoms in total. The lowest BCUT2D eigenvalue weighted by atomic mass is 9.93. The SMILES string of the molecule is CC1(O)CCN(C(=O)CC2CC2)CC1.